The molecule has 2 rings (SSSR count). The van der Waals surface area contributed by atoms with Crippen LogP contribution in [-0.2, 0) is 5.88 Å². The van der Waals surface area contributed by atoms with Gasteiger partial charge in [-0.2, -0.15) is 0 Å². The number of anilines is 1. The summed E-state index contributed by atoms with van der Waals surface area (Å²) in [5.41, 5.74) is 2.93. The minimum Gasteiger partial charge on any atom is -0.371 e. The van der Waals surface area contributed by atoms with Crippen molar-refractivity contribution >= 4 is 33.2 Å². The molecule has 1 aromatic carbocycles. The first kappa shape index (κ1) is 13.2. The second-order valence-corrected chi connectivity index (χ2v) is 6.78. The lowest BCUT2D eigenvalue weighted by Gasteiger charge is -2.40. The van der Waals surface area contributed by atoms with E-state index in [2.05, 4.69) is 52.9 Å². The van der Waals surface area contributed by atoms with Gasteiger partial charge < -0.3 is 4.90 Å². The molecule has 0 spiro atoms. The molecule has 0 aliphatic carbocycles. The van der Waals surface area contributed by atoms with Crippen molar-refractivity contribution in [3.8, 4) is 0 Å². The summed E-state index contributed by atoms with van der Waals surface area (Å²) in [7, 11) is 0. The van der Waals surface area contributed by atoms with Crippen molar-refractivity contribution in [2.75, 3.05) is 18.0 Å². The minimum absolute atomic E-state index is 0.407. The van der Waals surface area contributed by atoms with Crippen LogP contribution in [0.1, 0.15) is 32.3 Å². The molecule has 3 heteroatoms. The van der Waals surface area contributed by atoms with E-state index in [1.165, 1.54) is 24.1 Å². The lowest BCUT2D eigenvalue weighted by molar-refractivity contribution is 0.293. The Kier molecular flexibility index (Phi) is 4.04. The zero-order valence-corrected chi connectivity index (χ0v) is 12.8. The average molecular weight is 317 g/mol. The van der Waals surface area contributed by atoms with Gasteiger partial charge in [0, 0.05) is 29.1 Å². The summed E-state index contributed by atoms with van der Waals surface area (Å²) in [4.78, 5) is 2.48. The van der Waals surface area contributed by atoms with Gasteiger partial charge in [-0.05, 0) is 36.0 Å². The predicted octanol–water partition coefficient (Wildman–Crippen LogP) is 4.81. The van der Waals surface area contributed by atoms with Gasteiger partial charge in [0.15, 0.2) is 0 Å². The number of halogens is 2. The third kappa shape index (κ3) is 3.17. The highest BCUT2D eigenvalue weighted by atomic mass is 79.9. The van der Waals surface area contributed by atoms with E-state index < -0.39 is 0 Å². The number of hydrogen-bond donors (Lipinski definition) is 0. The summed E-state index contributed by atoms with van der Waals surface area (Å²) in [5.74, 6) is 0.583. The number of rotatable bonds is 2. The standard InChI is InChI=1S/C14H19BrClN/c1-14(2)6-3-7-17(10-14)13-8-12(15)5-4-11(13)9-16/h4-5,8H,3,6-7,9-10H2,1-2H3. The van der Waals surface area contributed by atoms with Crippen molar-refractivity contribution in [3.05, 3.63) is 28.2 Å². The molecule has 0 amide bonds. The normalized spacial score (nSPS) is 19.4. The summed E-state index contributed by atoms with van der Waals surface area (Å²) in [5, 5.41) is 0. The molecule has 1 aromatic rings. The highest BCUT2D eigenvalue weighted by molar-refractivity contribution is 9.10. The van der Waals surface area contributed by atoms with Crippen LogP contribution < -0.4 is 4.90 Å². The van der Waals surface area contributed by atoms with E-state index in [0.29, 0.717) is 11.3 Å². The van der Waals surface area contributed by atoms with Gasteiger partial charge in [0.25, 0.3) is 0 Å². The maximum Gasteiger partial charge on any atom is 0.0494 e. The van der Waals surface area contributed by atoms with Gasteiger partial charge in [-0.3, -0.25) is 0 Å². The molecule has 0 N–H and O–H groups in total. The summed E-state index contributed by atoms with van der Waals surface area (Å²) in [6, 6.07) is 6.38. The van der Waals surface area contributed by atoms with E-state index in [1.807, 2.05) is 0 Å². The second-order valence-electron chi connectivity index (χ2n) is 5.60. The molecule has 0 radical (unpaired) electrons. The number of nitrogens with zero attached hydrogens (tertiary/aromatic N) is 1. The van der Waals surface area contributed by atoms with E-state index in [1.54, 1.807) is 0 Å². The summed E-state index contributed by atoms with van der Waals surface area (Å²) in [6.45, 7) is 6.95. The topological polar surface area (TPSA) is 3.24 Å². The maximum atomic E-state index is 6.03. The third-order valence-electron chi connectivity index (χ3n) is 3.43. The van der Waals surface area contributed by atoms with Crippen LogP contribution in [0.5, 0.6) is 0 Å². The molecule has 1 fully saturated rings. The van der Waals surface area contributed by atoms with Gasteiger partial charge in [0.1, 0.15) is 0 Å². The quantitative estimate of drug-likeness (QED) is 0.707. The number of hydrogen-bond acceptors (Lipinski definition) is 1. The fraction of sp³-hybridized carbons (Fsp3) is 0.571. The van der Waals surface area contributed by atoms with Crippen molar-refractivity contribution in [2.45, 2.75) is 32.6 Å². The monoisotopic (exact) mass is 315 g/mol. The molecule has 0 aromatic heterocycles. The largest absolute Gasteiger partial charge is 0.371 e. The zero-order valence-electron chi connectivity index (χ0n) is 10.5. The summed E-state index contributed by atoms with van der Waals surface area (Å²) >= 11 is 9.58. The molecule has 0 unspecified atom stereocenters. The molecule has 1 aliphatic heterocycles. The van der Waals surface area contributed by atoms with Crippen LogP contribution in [0.2, 0.25) is 0 Å². The molecule has 1 aliphatic rings. The van der Waals surface area contributed by atoms with E-state index >= 15 is 0 Å². The molecule has 1 heterocycles. The first-order valence-corrected chi connectivity index (χ1v) is 7.44. The van der Waals surface area contributed by atoms with Gasteiger partial charge in [-0.1, -0.05) is 35.8 Å². The van der Waals surface area contributed by atoms with Crippen molar-refractivity contribution in [1.29, 1.82) is 0 Å². The Morgan fingerprint density at radius 1 is 1.41 bits per heavy atom. The fourth-order valence-electron chi connectivity index (χ4n) is 2.57. The molecule has 1 saturated heterocycles. The van der Waals surface area contributed by atoms with E-state index in [9.17, 15) is 0 Å². The Hall–Kier alpha value is -0.210. The molecule has 94 valence electrons. The van der Waals surface area contributed by atoms with Gasteiger partial charge in [-0.25, -0.2) is 0 Å². The van der Waals surface area contributed by atoms with Crippen LogP contribution in [0, 0.1) is 5.41 Å². The maximum absolute atomic E-state index is 6.03. The second kappa shape index (κ2) is 5.19. The molecule has 0 atom stereocenters. The fourth-order valence-corrected chi connectivity index (χ4v) is 3.15. The number of alkyl halides is 1. The van der Waals surface area contributed by atoms with Crippen LogP contribution in [-0.4, -0.2) is 13.1 Å². The van der Waals surface area contributed by atoms with Gasteiger partial charge in [0.05, 0.1) is 0 Å². The van der Waals surface area contributed by atoms with Crippen molar-refractivity contribution in [2.24, 2.45) is 5.41 Å². The van der Waals surface area contributed by atoms with Gasteiger partial charge in [0.2, 0.25) is 0 Å². The SMILES string of the molecule is CC1(C)CCCN(c2cc(Br)ccc2CCl)C1. The van der Waals surface area contributed by atoms with Crippen molar-refractivity contribution < 1.29 is 0 Å². The third-order valence-corrected chi connectivity index (χ3v) is 4.21. The lowest BCUT2D eigenvalue weighted by atomic mass is 9.84. The summed E-state index contributed by atoms with van der Waals surface area (Å²) in [6.07, 6.45) is 2.58. The van der Waals surface area contributed by atoms with Crippen LogP contribution >= 0.6 is 27.5 Å². The van der Waals surface area contributed by atoms with Crippen molar-refractivity contribution in [3.63, 3.8) is 0 Å². The lowest BCUT2D eigenvalue weighted by Crippen LogP contribution is -2.40. The molecule has 17 heavy (non-hydrogen) atoms. The Labute approximate surface area is 117 Å². The van der Waals surface area contributed by atoms with Gasteiger partial charge in [-0.15, -0.1) is 11.6 Å². The first-order valence-electron chi connectivity index (χ1n) is 6.11. The highest BCUT2D eigenvalue weighted by Gasteiger charge is 2.27. The Morgan fingerprint density at radius 3 is 2.82 bits per heavy atom. The molecule has 1 nitrogen and oxygen atoms in total. The van der Waals surface area contributed by atoms with E-state index in [0.717, 1.165) is 17.6 Å². The zero-order chi connectivity index (χ0) is 12.5. The minimum atomic E-state index is 0.407. The van der Waals surface area contributed by atoms with Crippen LogP contribution in [0.3, 0.4) is 0 Å². The molecule has 0 bridgehead atoms. The average Bonchev–Trinajstić information content (AvgIpc) is 2.27. The Bertz CT molecular complexity index is 403. The Balaban J connectivity index is 2.29. The molecule has 0 saturated carbocycles. The summed E-state index contributed by atoms with van der Waals surface area (Å²) < 4.78 is 1.13. The van der Waals surface area contributed by atoms with Crippen LogP contribution in [0.4, 0.5) is 5.69 Å². The number of benzene rings is 1. The Morgan fingerprint density at radius 2 is 2.18 bits per heavy atom. The smallest absolute Gasteiger partial charge is 0.0494 e. The first-order chi connectivity index (χ1) is 8.02. The highest BCUT2D eigenvalue weighted by Crippen LogP contribution is 2.34. The van der Waals surface area contributed by atoms with Gasteiger partial charge >= 0.3 is 0 Å². The van der Waals surface area contributed by atoms with E-state index in [4.69, 9.17) is 11.6 Å². The van der Waals surface area contributed by atoms with E-state index in [-0.39, 0.29) is 0 Å². The molecular weight excluding hydrogens is 298 g/mol. The number of piperidine rings is 1. The predicted molar refractivity (Wildman–Crippen MR) is 78.9 cm³/mol. The van der Waals surface area contributed by atoms with Crippen LogP contribution in [0.15, 0.2) is 22.7 Å². The molecular formula is C14H19BrClN. The van der Waals surface area contributed by atoms with Crippen LogP contribution in [0.25, 0.3) is 0 Å². The van der Waals surface area contributed by atoms with Crippen molar-refractivity contribution in [1.82, 2.24) is 0 Å².